The van der Waals surface area contributed by atoms with Crippen molar-refractivity contribution in [2.45, 2.75) is 20.3 Å². The van der Waals surface area contributed by atoms with Crippen molar-refractivity contribution in [2.75, 3.05) is 30.4 Å². The number of aromatic nitrogens is 2. The molecular weight excluding hydrogens is 256 g/mol. The predicted octanol–water partition coefficient (Wildman–Crippen LogP) is 2.52. The van der Waals surface area contributed by atoms with Crippen LogP contribution in [0.1, 0.15) is 20.3 Å². The highest BCUT2D eigenvalue weighted by Crippen LogP contribution is 2.23. The zero-order chi connectivity index (χ0) is 11.3. The molecule has 84 valence electrons. The zero-order valence-electron chi connectivity index (χ0n) is 9.42. The summed E-state index contributed by atoms with van der Waals surface area (Å²) in [7, 11) is 2.03. The fourth-order valence-electron chi connectivity index (χ4n) is 1.31. The summed E-state index contributed by atoms with van der Waals surface area (Å²) in [6, 6.07) is 0. The van der Waals surface area contributed by atoms with Crippen LogP contribution in [0.3, 0.4) is 0 Å². The lowest BCUT2D eigenvalue weighted by molar-refractivity contribution is 0.831. The molecule has 1 aromatic heterocycles. The second-order valence-corrected chi connectivity index (χ2v) is 4.17. The average Bonchev–Trinajstić information content (AvgIpc) is 2.21. The van der Waals surface area contributed by atoms with Gasteiger partial charge in [0.15, 0.2) is 0 Å². The summed E-state index contributed by atoms with van der Waals surface area (Å²) >= 11 is 3.46. The number of hydrogen-bond acceptors (Lipinski definition) is 4. The minimum Gasteiger partial charge on any atom is -0.359 e. The van der Waals surface area contributed by atoms with E-state index in [1.165, 1.54) is 0 Å². The van der Waals surface area contributed by atoms with Crippen molar-refractivity contribution in [3.8, 4) is 0 Å². The van der Waals surface area contributed by atoms with Crippen LogP contribution >= 0.6 is 15.9 Å². The second kappa shape index (κ2) is 5.90. The highest BCUT2D eigenvalue weighted by atomic mass is 79.9. The summed E-state index contributed by atoms with van der Waals surface area (Å²) in [5.41, 5.74) is 0. The summed E-state index contributed by atoms with van der Waals surface area (Å²) in [5, 5.41) is 3.10. The van der Waals surface area contributed by atoms with Crippen LogP contribution in [-0.4, -0.2) is 30.1 Å². The number of anilines is 2. The number of rotatable bonds is 5. The molecule has 0 unspecified atom stereocenters. The molecule has 0 bridgehead atoms. The molecule has 0 atom stereocenters. The fraction of sp³-hybridized carbons (Fsp3) is 0.600. The average molecular weight is 273 g/mol. The van der Waals surface area contributed by atoms with E-state index in [4.69, 9.17) is 0 Å². The Hall–Kier alpha value is -0.840. The van der Waals surface area contributed by atoms with E-state index in [1.807, 2.05) is 14.0 Å². The second-order valence-electron chi connectivity index (χ2n) is 3.32. The van der Waals surface area contributed by atoms with Crippen molar-refractivity contribution in [3.05, 3.63) is 10.7 Å². The van der Waals surface area contributed by atoms with Gasteiger partial charge in [0.05, 0.1) is 4.47 Å². The fourth-order valence-corrected chi connectivity index (χ4v) is 1.80. The molecule has 1 rings (SSSR count). The first kappa shape index (κ1) is 12.2. The van der Waals surface area contributed by atoms with Crippen molar-refractivity contribution >= 4 is 27.7 Å². The van der Waals surface area contributed by atoms with E-state index in [0.29, 0.717) is 5.95 Å². The van der Waals surface area contributed by atoms with Crippen LogP contribution < -0.4 is 10.2 Å². The topological polar surface area (TPSA) is 41.1 Å². The van der Waals surface area contributed by atoms with Gasteiger partial charge in [-0.25, -0.2) is 4.98 Å². The van der Waals surface area contributed by atoms with Crippen LogP contribution in [0.4, 0.5) is 11.8 Å². The quantitative estimate of drug-likeness (QED) is 0.895. The van der Waals surface area contributed by atoms with Crippen molar-refractivity contribution in [2.24, 2.45) is 0 Å². The van der Waals surface area contributed by atoms with Crippen molar-refractivity contribution < 1.29 is 0 Å². The zero-order valence-corrected chi connectivity index (χ0v) is 11.0. The van der Waals surface area contributed by atoms with Gasteiger partial charge in [0.25, 0.3) is 0 Å². The Labute approximate surface area is 99.2 Å². The SMILES string of the molecule is CCCN(C)c1nc(NCC)ncc1Br. The van der Waals surface area contributed by atoms with E-state index in [-0.39, 0.29) is 0 Å². The first-order chi connectivity index (χ1) is 7.19. The number of nitrogens with zero attached hydrogens (tertiary/aromatic N) is 3. The Bertz CT molecular complexity index is 316. The molecular formula is C10H17BrN4. The molecule has 0 aliphatic heterocycles. The van der Waals surface area contributed by atoms with Gasteiger partial charge in [-0.2, -0.15) is 4.98 Å². The molecule has 0 amide bonds. The molecule has 0 radical (unpaired) electrons. The maximum atomic E-state index is 4.44. The molecule has 0 spiro atoms. The number of hydrogen-bond donors (Lipinski definition) is 1. The molecule has 0 aromatic carbocycles. The Morgan fingerprint density at radius 3 is 2.80 bits per heavy atom. The molecule has 5 heteroatoms. The van der Waals surface area contributed by atoms with Gasteiger partial charge in [0.2, 0.25) is 5.95 Å². The Kier molecular flexibility index (Phi) is 4.81. The monoisotopic (exact) mass is 272 g/mol. The highest BCUT2D eigenvalue weighted by molar-refractivity contribution is 9.10. The summed E-state index contributed by atoms with van der Waals surface area (Å²) < 4.78 is 0.931. The van der Waals surface area contributed by atoms with Crippen LogP contribution in [0, 0.1) is 0 Å². The van der Waals surface area contributed by atoms with Gasteiger partial charge in [0.1, 0.15) is 5.82 Å². The molecule has 1 N–H and O–H groups in total. The largest absolute Gasteiger partial charge is 0.359 e. The first-order valence-electron chi connectivity index (χ1n) is 5.16. The third kappa shape index (κ3) is 3.34. The van der Waals surface area contributed by atoms with Gasteiger partial charge in [-0.05, 0) is 29.3 Å². The number of nitrogens with one attached hydrogen (secondary N) is 1. The van der Waals surface area contributed by atoms with E-state index in [0.717, 1.165) is 29.8 Å². The highest BCUT2D eigenvalue weighted by Gasteiger charge is 2.08. The molecule has 15 heavy (non-hydrogen) atoms. The normalized spacial score (nSPS) is 10.1. The first-order valence-corrected chi connectivity index (χ1v) is 5.95. The van der Waals surface area contributed by atoms with E-state index in [1.54, 1.807) is 6.20 Å². The van der Waals surface area contributed by atoms with Gasteiger partial charge in [-0.3, -0.25) is 0 Å². The van der Waals surface area contributed by atoms with Crippen LogP contribution in [0.5, 0.6) is 0 Å². The molecule has 1 aromatic rings. The van der Waals surface area contributed by atoms with Crippen LogP contribution in [-0.2, 0) is 0 Å². The molecule has 4 nitrogen and oxygen atoms in total. The van der Waals surface area contributed by atoms with Gasteiger partial charge in [0, 0.05) is 26.3 Å². The van der Waals surface area contributed by atoms with Gasteiger partial charge < -0.3 is 10.2 Å². The lowest BCUT2D eigenvalue weighted by atomic mass is 10.4. The minimum atomic E-state index is 0.679. The maximum Gasteiger partial charge on any atom is 0.224 e. The number of halogens is 1. The summed E-state index contributed by atoms with van der Waals surface area (Å²) in [6.07, 6.45) is 2.88. The van der Waals surface area contributed by atoms with Gasteiger partial charge >= 0.3 is 0 Å². The molecule has 1 heterocycles. The van der Waals surface area contributed by atoms with Crippen molar-refractivity contribution in [1.82, 2.24) is 9.97 Å². The van der Waals surface area contributed by atoms with E-state index in [2.05, 4.69) is 43.0 Å². The molecule has 0 saturated heterocycles. The minimum absolute atomic E-state index is 0.679. The molecule has 0 fully saturated rings. The van der Waals surface area contributed by atoms with Gasteiger partial charge in [-0.1, -0.05) is 6.92 Å². The molecule has 0 aliphatic rings. The summed E-state index contributed by atoms with van der Waals surface area (Å²) in [5.74, 6) is 1.61. The van der Waals surface area contributed by atoms with Crippen LogP contribution in [0.15, 0.2) is 10.7 Å². The Morgan fingerprint density at radius 2 is 2.20 bits per heavy atom. The lowest BCUT2D eigenvalue weighted by Gasteiger charge is -2.18. The molecule has 0 aliphatic carbocycles. The standard InChI is InChI=1S/C10H17BrN4/c1-4-6-15(3)9-8(11)7-13-10(14-9)12-5-2/h7H,4-6H2,1-3H3,(H,12,13,14). The van der Waals surface area contributed by atoms with Crippen molar-refractivity contribution in [3.63, 3.8) is 0 Å². The third-order valence-electron chi connectivity index (χ3n) is 1.98. The van der Waals surface area contributed by atoms with Gasteiger partial charge in [-0.15, -0.1) is 0 Å². The van der Waals surface area contributed by atoms with Crippen LogP contribution in [0.2, 0.25) is 0 Å². The Balaban J connectivity index is 2.89. The Morgan fingerprint density at radius 1 is 1.47 bits per heavy atom. The maximum absolute atomic E-state index is 4.44. The van der Waals surface area contributed by atoms with E-state index in [9.17, 15) is 0 Å². The summed E-state index contributed by atoms with van der Waals surface area (Å²) in [4.78, 5) is 10.7. The van der Waals surface area contributed by atoms with E-state index < -0.39 is 0 Å². The third-order valence-corrected chi connectivity index (χ3v) is 2.54. The molecule has 0 saturated carbocycles. The van der Waals surface area contributed by atoms with E-state index >= 15 is 0 Å². The predicted molar refractivity (Wildman–Crippen MR) is 67.5 cm³/mol. The smallest absolute Gasteiger partial charge is 0.224 e. The summed E-state index contributed by atoms with van der Waals surface area (Å²) in [6.45, 7) is 6.00. The van der Waals surface area contributed by atoms with Crippen molar-refractivity contribution in [1.29, 1.82) is 0 Å². The lowest BCUT2D eigenvalue weighted by Crippen LogP contribution is -2.20. The van der Waals surface area contributed by atoms with Crippen LogP contribution in [0.25, 0.3) is 0 Å².